The Labute approximate surface area is 123 Å². The van der Waals surface area contributed by atoms with Gasteiger partial charge < -0.3 is 9.47 Å². The predicted octanol–water partition coefficient (Wildman–Crippen LogP) is 2.09. The predicted molar refractivity (Wildman–Crippen MR) is 73.3 cm³/mol. The molecule has 0 N–H and O–H groups in total. The lowest BCUT2D eigenvalue weighted by Crippen LogP contribution is -2.44. The molecular weight excluding hydrogens is 268 g/mol. The molecule has 3 fully saturated rings. The molecule has 1 aliphatic heterocycles. The van der Waals surface area contributed by atoms with Gasteiger partial charge in [0.1, 0.15) is 11.2 Å². The molecule has 0 amide bonds. The maximum atomic E-state index is 11.8. The van der Waals surface area contributed by atoms with Crippen LogP contribution in [0.3, 0.4) is 0 Å². The second kappa shape index (κ2) is 3.23. The van der Waals surface area contributed by atoms with E-state index in [1.807, 2.05) is 13.8 Å². The van der Waals surface area contributed by atoms with Gasteiger partial charge in [0, 0.05) is 12.8 Å². The van der Waals surface area contributed by atoms with Gasteiger partial charge in [-0.2, -0.15) is 0 Å². The number of hydrogen-bond donors (Lipinski definition) is 0. The van der Waals surface area contributed by atoms with Gasteiger partial charge in [-0.1, -0.05) is 0 Å². The van der Waals surface area contributed by atoms with Crippen LogP contribution in [0.15, 0.2) is 23.3 Å². The van der Waals surface area contributed by atoms with Crippen molar-refractivity contribution in [3.05, 3.63) is 23.3 Å². The van der Waals surface area contributed by atoms with Gasteiger partial charge in [-0.25, -0.2) is 0 Å². The third-order valence-electron chi connectivity index (χ3n) is 5.90. The fraction of sp³-hybridized carbons (Fsp3) is 0.647. The van der Waals surface area contributed by atoms with Crippen LogP contribution in [0.5, 0.6) is 0 Å². The Bertz CT molecular complexity index is 614. The molecule has 4 aliphatic carbocycles. The van der Waals surface area contributed by atoms with E-state index in [0.717, 1.165) is 24.0 Å². The van der Waals surface area contributed by atoms with Gasteiger partial charge in [-0.3, -0.25) is 9.59 Å². The van der Waals surface area contributed by atoms with Crippen molar-refractivity contribution < 1.29 is 19.1 Å². The van der Waals surface area contributed by atoms with Crippen molar-refractivity contribution in [2.45, 2.75) is 56.5 Å². The third kappa shape index (κ3) is 1.22. The lowest BCUT2D eigenvalue weighted by atomic mass is 9.85. The number of carbonyl (C=O) groups excluding carboxylic acids is 2. The standard InChI is InChI=1S/C17H18O4/c1-15(2)20-16-7-9-3-11(18)5-13(9)17(16,21-15)8-10-4-12(19)6-14(10)16/h5-6,9-10H,3-4,7-8H2,1-2H3/t9-,10-,16+,17+/m1/s1. The number of fused-ring (bicyclic) bond motifs is 2. The summed E-state index contributed by atoms with van der Waals surface area (Å²) in [5, 5.41) is 0. The molecule has 0 spiro atoms. The Morgan fingerprint density at radius 1 is 0.905 bits per heavy atom. The van der Waals surface area contributed by atoms with Crippen LogP contribution in [0.25, 0.3) is 0 Å². The van der Waals surface area contributed by atoms with Crippen LogP contribution < -0.4 is 0 Å². The second-order valence-corrected chi connectivity index (χ2v) is 7.60. The van der Waals surface area contributed by atoms with Gasteiger partial charge in [-0.05, 0) is 61.8 Å². The molecule has 0 aromatic carbocycles. The van der Waals surface area contributed by atoms with Gasteiger partial charge in [0.2, 0.25) is 0 Å². The summed E-state index contributed by atoms with van der Waals surface area (Å²) in [4.78, 5) is 23.7. The van der Waals surface area contributed by atoms with Crippen molar-refractivity contribution in [1.82, 2.24) is 0 Å². The number of ketones is 2. The van der Waals surface area contributed by atoms with E-state index in [0.29, 0.717) is 12.8 Å². The van der Waals surface area contributed by atoms with E-state index in [1.165, 1.54) is 0 Å². The molecule has 4 heteroatoms. The molecule has 0 unspecified atom stereocenters. The summed E-state index contributed by atoms with van der Waals surface area (Å²) in [6.45, 7) is 3.86. The molecule has 0 aromatic heterocycles. The molecule has 0 bridgehead atoms. The first-order chi connectivity index (χ1) is 9.85. The number of carbonyl (C=O) groups is 2. The molecule has 4 nitrogen and oxygen atoms in total. The van der Waals surface area contributed by atoms with Crippen molar-refractivity contribution in [1.29, 1.82) is 0 Å². The molecule has 2 saturated carbocycles. The average Bonchev–Trinajstić information content (AvgIpc) is 3.01. The van der Waals surface area contributed by atoms with Crippen molar-refractivity contribution in [3.63, 3.8) is 0 Å². The third-order valence-corrected chi connectivity index (χ3v) is 5.90. The first kappa shape index (κ1) is 12.3. The van der Waals surface area contributed by atoms with Crippen molar-refractivity contribution in [3.8, 4) is 0 Å². The molecule has 1 saturated heterocycles. The summed E-state index contributed by atoms with van der Waals surface area (Å²) in [7, 11) is 0. The highest BCUT2D eigenvalue weighted by atomic mass is 16.8. The van der Waals surface area contributed by atoms with E-state index in [4.69, 9.17) is 9.47 Å². The van der Waals surface area contributed by atoms with Crippen molar-refractivity contribution >= 4 is 11.6 Å². The smallest absolute Gasteiger partial charge is 0.165 e. The molecule has 0 aromatic rings. The molecule has 5 rings (SSSR count). The van der Waals surface area contributed by atoms with E-state index in [-0.39, 0.29) is 23.4 Å². The van der Waals surface area contributed by atoms with Crippen LogP contribution in [0.4, 0.5) is 0 Å². The zero-order valence-corrected chi connectivity index (χ0v) is 12.3. The van der Waals surface area contributed by atoms with E-state index in [1.54, 1.807) is 12.2 Å². The highest BCUT2D eigenvalue weighted by Crippen LogP contribution is 2.71. The summed E-state index contributed by atoms with van der Waals surface area (Å²) in [6.07, 6.45) is 6.28. The zero-order chi connectivity index (χ0) is 14.6. The van der Waals surface area contributed by atoms with Crippen LogP contribution in [0, 0.1) is 11.8 Å². The average molecular weight is 286 g/mol. The Morgan fingerprint density at radius 2 is 1.33 bits per heavy atom. The lowest BCUT2D eigenvalue weighted by Gasteiger charge is -2.31. The second-order valence-electron chi connectivity index (χ2n) is 7.60. The largest absolute Gasteiger partial charge is 0.336 e. The minimum absolute atomic E-state index is 0.202. The van der Waals surface area contributed by atoms with Crippen LogP contribution in [-0.4, -0.2) is 28.6 Å². The zero-order valence-electron chi connectivity index (χ0n) is 12.3. The van der Waals surface area contributed by atoms with Crippen LogP contribution >= 0.6 is 0 Å². The normalized spacial score (nSPS) is 48.9. The Hall–Kier alpha value is -1.26. The Balaban J connectivity index is 1.75. The van der Waals surface area contributed by atoms with Gasteiger partial charge in [0.25, 0.3) is 0 Å². The first-order valence-corrected chi connectivity index (χ1v) is 7.75. The van der Waals surface area contributed by atoms with Crippen molar-refractivity contribution in [2.24, 2.45) is 11.8 Å². The van der Waals surface area contributed by atoms with E-state index in [9.17, 15) is 9.59 Å². The van der Waals surface area contributed by atoms with Gasteiger partial charge in [0.05, 0.1) is 0 Å². The Kier molecular flexibility index (Phi) is 1.89. The van der Waals surface area contributed by atoms with Gasteiger partial charge in [-0.15, -0.1) is 0 Å². The highest BCUT2D eigenvalue weighted by Gasteiger charge is 2.77. The maximum Gasteiger partial charge on any atom is 0.165 e. The monoisotopic (exact) mass is 286 g/mol. The summed E-state index contributed by atoms with van der Waals surface area (Å²) in [6, 6.07) is 0. The summed E-state index contributed by atoms with van der Waals surface area (Å²) in [5.41, 5.74) is 1.23. The summed E-state index contributed by atoms with van der Waals surface area (Å²) < 4.78 is 12.8. The van der Waals surface area contributed by atoms with Gasteiger partial charge >= 0.3 is 0 Å². The van der Waals surface area contributed by atoms with E-state index in [2.05, 4.69) is 0 Å². The fourth-order valence-corrected chi connectivity index (χ4v) is 5.61. The minimum atomic E-state index is -0.672. The summed E-state index contributed by atoms with van der Waals surface area (Å²) >= 11 is 0. The van der Waals surface area contributed by atoms with Crippen LogP contribution in [0.1, 0.15) is 39.5 Å². The number of ether oxygens (including phenoxy) is 2. The summed E-state index contributed by atoms with van der Waals surface area (Å²) in [5.74, 6) is 0.189. The maximum absolute atomic E-state index is 11.8. The Morgan fingerprint density at radius 3 is 1.76 bits per heavy atom. The van der Waals surface area contributed by atoms with Crippen molar-refractivity contribution in [2.75, 3.05) is 0 Å². The molecular formula is C17H18O4. The highest BCUT2D eigenvalue weighted by molar-refractivity contribution is 5.97. The van der Waals surface area contributed by atoms with E-state index < -0.39 is 17.0 Å². The minimum Gasteiger partial charge on any atom is -0.336 e. The number of hydrogen-bond acceptors (Lipinski definition) is 4. The molecule has 5 aliphatic rings. The molecule has 21 heavy (non-hydrogen) atoms. The first-order valence-electron chi connectivity index (χ1n) is 7.75. The number of allylic oxidation sites excluding steroid dienone is 2. The molecule has 4 atom stereocenters. The quantitative estimate of drug-likeness (QED) is 0.684. The molecule has 110 valence electrons. The van der Waals surface area contributed by atoms with Crippen LogP contribution in [0.2, 0.25) is 0 Å². The topological polar surface area (TPSA) is 52.6 Å². The molecule has 0 radical (unpaired) electrons. The molecule has 1 heterocycles. The lowest BCUT2D eigenvalue weighted by molar-refractivity contribution is -0.175. The van der Waals surface area contributed by atoms with Crippen LogP contribution in [-0.2, 0) is 19.1 Å². The SMILES string of the molecule is CC1(C)O[C@]23C[C@H]4CC(=O)C=C4[C@]2(C[C@H]2CC(=O)C=C23)O1. The fourth-order valence-electron chi connectivity index (χ4n) is 5.61. The van der Waals surface area contributed by atoms with Gasteiger partial charge in [0.15, 0.2) is 17.4 Å². The number of rotatable bonds is 0. The van der Waals surface area contributed by atoms with E-state index >= 15 is 0 Å².